The molecule has 6 nitrogen and oxygen atoms in total. The van der Waals surface area contributed by atoms with Gasteiger partial charge in [0.1, 0.15) is 0 Å². The average molecular weight is 223 g/mol. The van der Waals surface area contributed by atoms with Crippen LogP contribution in [0.3, 0.4) is 0 Å². The number of nitrogens with two attached hydrogens (primary N) is 1. The quantitative estimate of drug-likeness (QED) is 0.594. The highest BCUT2D eigenvalue weighted by Gasteiger charge is 2.13. The lowest BCUT2D eigenvalue weighted by atomic mass is 10.1. The van der Waals surface area contributed by atoms with Crippen molar-refractivity contribution in [2.75, 3.05) is 12.3 Å². The zero-order chi connectivity index (χ0) is 11.4. The van der Waals surface area contributed by atoms with Gasteiger partial charge in [-0.2, -0.15) is 0 Å². The molecule has 0 rings (SSSR count). The fraction of sp³-hybridized carbons (Fsp3) is 0.857. The van der Waals surface area contributed by atoms with Gasteiger partial charge in [0.05, 0.1) is 5.75 Å². The fourth-order valence-corrected chi connectivity index (χ4v) is 1.08. The molecule has 0 aliphatic heterocycles. The van der Waals surface area contributed by atoms with Crippen molar-refractivity contribution >= 4 is 16.1 Å². The molecule has 0 spiro atoms. The molecule has 0 fully saturated rings. The molecule has 4 N–H and O–H groups in total. The summed E-state index contributed by atoms with van der Waals surface area (Å²) in [6.45, 7) is 5.49. The molecule has 0 aromatic rings. The highest BCUT2D eigenvalue weighted by atomic mass is 32.2. The Balaban J connectivity index is 3.77. The first-order valence-corrected chi connectivity index (χ1v) is 5.88. The summed E-state index contributed by atoms with van der Waals surface area (Å²) in [4.78, 5) is 11.1. The van der Waals surface area contributed by atoms with E-state index < -0.39 is 16.1 Å². The average Bonchev–Trinajstić information content (AvgIpc) is 1.78. The van der Waals surface area contributed by atoms with E-state index in [1.807, 2.05) is 20.8 Å². The van der Waals surface area contributed by atoms with E-state index in [2.05, 4.69) is 10.6 Å². The topological polar surface area (TPSA) is 101 Å². The summed E-state index contributed by atoms with van der Waals surface area (Å²) in [6.07, 6.45) is 0. The maximum Gasteiger partial charge on any atom is 0.315 e. The molecule has 0 unspecified atom stereocenters. The van der Waals surface area contributed by atoms with E-state index in [4.69, 9.17) is 5.14 Å². The normalized spacial score (nSPS) is 12.3. The van der Waals surface area contributed by atoms with Gasteiger partial charge in [-0.05, 0) is 20.8 Å². The molecule has 0 aromatic carbocycles. The van der Waals surface area contributed by atoms with Crippen molar-refractivity contribution in [2.24, 2.45) is 5.14 Å². The van der Waals surface area contributed by atoms with Gasteiger partial charge < -0.3 is 10.6 Å². The van der Waals surface area contributed by atoms with Gasteiger partial charge in [-0.25, -0.2) is 18.4 Å². The third-order valence-corrected chi connectivity index (χ3v) is 1.93. The van der Waals surface area contributed by atoms with Crippen LogP contribution >= 0.6 is 0 Å². The van der Waals surface area contributed by atoms with Gasteiger partial charge in [0, 0.05) is 12.1 Å². The van der Waals surface area contributed by atoms with E-state index in [1.54, 1.807) is 0 Å². The van der Waals surface area contributed by atoms with Crippen LogP contribution in [0.4, 0.5) is 4.79 Å². The van der Waals surface area contributed by atoms with E-state index in [0.29, 0.717) is 0 Å². The largest absolute Gasteiger partial charge is 0.337 e. The molecule has 0 saturated carbocycles. The molecule has 0 heterocycles. The lowest BCUT2D eigenvalue weighted by molar-refractivity contribution is 0.232. The standard InChI is InChI=1S/C7H17N3O3S/c1-7(2,3)10-6(11)9-4-5-14(8,12)13/h4-5H2,1-3H3,(H2,8,12,13)(H2,9,10,11). The van der Waals surface area contributed by atoms with Crippen LogP contribution < -0.4 is 15.8 Å². The first-order chi connectivity index (χ1) is 6.10. The number of hydrogen-bond acceptors (Lipinski definition) is 3. The van der Waals surface area contributed by atoms with Gasteiger partial charge in [0.25, 0.3) is 0 Å². The predicted molar refractivity (Wildman–Crippen MR) is 54.3 cm³/mol. The van der Waals surface area contributed by atoms with Crippen molar-refractivity contribution in [1.29, 1.82) is 0 Å². The zero-order valence-electron chi connectivity index (χ0n) is 8.62. The van der Waals surface area contributed by atoms with Crippen LogP contribution in [0.1, 0.15) is 20.8 Å². The Bertz CT molecular complexity index is 292. The van der Waals surface area contributed by atoms with Crippen molar-refractivity contribution in [1.82, 2.24) is 10.6 Å². The van der Waals surface area contributed by atoms with Gasteiger partial charge in [-0.3, -0.25) is 0 Å². The van der Waals surface area contributed by atoms with Crippen LogP contribution in [0.5, 0.6) is 0 Å². The number of carbonyl (C=O) groups excluding carboxylic acids is 1. The fourth-order valence-electron chi connectivity index (χ4n) is 0.692. The minimum atomic E-state index is -3.51. The second kappa shape index (κ2) is 4.61. The third kappa shape index (κ3) is 9.27. The van der Waals surface area contributed by atoms with Crippen molar-refractivity contribution < 1.29 is 13.2 Å². The summed E-state index contributed by atoms with van der Waals surface area (Å²) in [5, 5.41) is 9.76. The van der Waals surface area contributed by atoms with Crippen LogP contribution in [-0.2, 0) is 10.0 Å². The van der Waals surface area contributed by atoms with Crippen molar-refractivity contribution in [3.05, 3.63) is 0 Å². The molecule has 7 heteroatoms. The summed E-state index contributed by atoms with van der Waals surface area (Å²) in [5.74, 6) is -0.259. The highest BCUT2D eigenvalue weighted by Crippen LogP contribution is 1.96. The number of nitrogens with one attached hydrogen (secondary N) is 2. The second-order valence-electron chi connectivity index (χ2n) is 4.00. The summed E-state index contributed by atoms with van der Waals surface area (Å²) in [7, 11) is -3.51. The van der Waals surface area contributed by atoms with E-state index >= 15 is 0 Å². The number of amides is 2. The first-order valence-electron chi connectivity index (χ1n) is 4.17. The number of urea groups is 1. The molecule has 0 atom stereocenters. The first kappa shape index (κ1) is 13.2. The lowest BCUT2D eigenvalue weighted by Crippen LogP contribution is -2.47. The number of hydrogen-bond donors (Lipinski definition) is 3. The number of sulfonamides is 1. The maximum atomic E-state index is 11.1. The summed E-state index contributed by atoms with van der Waals surface area (Å²) >= 11 is 0. The van der Waals surface area contributed by atoms with Crippen LogP contribution in [0.2, 0.25) is 0 Å². The van der Waals surface area contributed by atoms with Crippen LogP contribution in [0, 0.1) is 0 Å². The molecule has 0 aliphatic carbocycles. The Morgan fingerprint density at radius 1 is 1.36 bits per heavy atom. The summed E-state index contributed by atoms with van der Waals surface area (Å²) in [6, 6.07) is -0.402. The molecule has 0 aliphatic rings. The number of carbonyl (C=O) groups is 1. The van der Waals surface area contributed by atoms with Crippen molar-refractivity contribution in [3.8, 4) is 0 Å². The third-order valence-electron chi connectivity index (χ3n) is 1.16. The van der Waals surface area contributed by atoms with Gasteiger partial charge in [0.15, 0.2) is 0 Å². The van der Waals surface area contributed by atoms with E-state index in [1.165, 1.54) is 0 Å². The summed E-state index contributed by atoms with van der Waals surface area (Å²) < 4.78 is 21.0. The van der Waals surface area contributed by atoms with E-state index in [-0.39, 0.29) is 17.8 Å². The minimum Gasteiger partial charge on any atom is -0.337 e. The number of rotatable bonds is 3. The molecular formula is C7H17N3O3S. The van der Waals surface area contributed by atoms with Crippen molar-refractivity contribution in [3.63, 3.8) is 0 Å². The van der Waals surface area contributed by atoms with E-state index in [0.717, 1.165) is 0 Å². The molecule has 14 heavy (non-hydrogen) atoms. The Hall–Kier alpha value is -0.820. The lowest BCUT2D eigenvalue weighted by Gasteiger charge is -2.20. The molecule has 2 amide bonds. The second-order valence-corrected chi connectivity index (χ2v) is 5.73. The van der Waals surface area contributed by atoms with Crippen LogP contribution in [0.25, 0.3) is 0 Å². The Labute approximate surface area is 84.3 Å². The van der Waals surface area contributed by atoms with Crippen molar-refractivity contribution in [2.45, 2.75) is 26.3 Å². The molecule has 0 bridgehead atoms. The Morgan fingerprint density at radius 3 is 2.21 bits per heavy atom. The molecule has 84 valence electrons. The Kier molecular flexibility index (Phi) is 4.34. The zero-order valence-corrected chi connectivity index (χ0v) is 9.44. The molecule has 0 saturated heterocycles. The van der Waals surface area contributed by atoms with Gasteiger partial charge in [-0.15, -0.1) is 0 Å². The maximum absolute atomic E-state index is 11.1. The van der Waals surface area contributed by atoms with Gasteiger partial charge in [-0.1, -0.05) is 0 Å². The van der Waals surface area contributed by atoms with Gasteiger partial charge in [0.2, 0.25) is 10.0 Å². The number of primary sulfonamides is 1. The van der Waals surface area contributed by atoms with Gasteiger partial charge >= 0.3 is 6.03 Å². The molecule has 0 aromatic heterocycles. The molecule has 0 radical (unpaired) electrons. The SMILES string of the molecule is CC(C)(C)NC(=O)NCCS(N)(=O)=O. The predicted octanol–water partition coefficient (Wildman–Crippen LogP) is -0.627. The van der Waals surface area contributed by atoms with Crippen LogP contribution in [-0.4, -0.2) is 32.3 Å². The molecular weight excluding hydrogens is 206 g/mol. The Morgan fingerprint density at radius 2 is 1.86 bits per heavy atom. The monoisotopic (exact) mass is 223 g/mol. The smallest absolute Gasteiger partial charge is 0.315 e. The highest BCUT2D eigenvalue weighted by molar-refractivity contribution is 7.89. The van der Waals surface area contributed by atoms with E-state index in [9.17, 15) is 13.2 Å². The minimum absolute atomic E-state index is 0.0146. The summed E-state index contributed by atoms with van der Waals surface area (Å²) in [5.41, 5.74) is -0.342. The van der Waals surface area contributed by atoms with Crippen LogP contribution in [0.15, 0.2) is 0 Å².